The van der Waals surface area contributed by atoms with Gasteiger partial charge in [0.15, 0.2) is 0 Å². The molecule has 5 nitrogen and oxygen atoms in total. The summed E-state index contributed by atoms with van der Waals surface area (Å²) in [5.41, 5.74) is 6.41. The van der Waals surface area contributed by atoms with Gasteiger partial charge < -0.3 is 5.73 Å². The molecule has 0 atom stereocenters. The minimum Gasteiger partial charge on any atom is -0.386 e. The fourth-order valence-corrected chi connectivity index (χ4v) is 2.02. The molecule has 0 aliphatic carbocycles. The molecule has 0 aliphatic heterocycles. The lowest BCUT2D eigenvalue weighted by Crippen LogP contribution is -2.14. The number of amidine groups is 1. The summed E-state index contributed by atoms with van der Waals surface area (Å²) in [5, 5.41) is 5.06. The largest absolute Gasteiger partial charge is 0.386 e. The Labute approximate surface area is 99.2 Å². The van der Waals surface area contributed by atoms with E-state index in [9.17, 15) is 8.42 Å². The quantitative estimate of drug-likeness (QED) is 0.480. The van der Waals surface area contributed by atoms with Gasteiger partial charge >= 0.3 is 0 Å². The van der Waals surface area contributed by atoms with Gasteiger partial charge in [-0.2, -0.15) is 0 Å². The summed E-state index contributed by atoms with van der Waals surface area (Å²) >= 11 is 5.46. The van der Waals surface area contributed by atoms with E-state index in [0.717, 1.165) is 0 Å². The van der Waals surface area contributed by atoms with E-state index in [4.69, 9.17) is 22.5 Å². The Morgan fingerprint density at radius 1 is 1.50 bits per heavy atom. The van der Waals surface area contributed by atoms with Crippen LogP contribution in [0.5, 0.6) is 0 Å². The fraction of sp³-hybridized carbons (Fsp3) is 0.222. The number of aliphatic imine (C=N–C) groups is 1. The second kappa shape index (κ2) is 4.82. The molecule has 88 valence electrons. The number of sulfonamides is 1. The maximum absolute atomic E-state index is 11.2. The smallest absolute Gasteiger partial charge is 0.238 e. The van der Waals surface area contributed by atoms with E-state index in [0.29, 0.717) is 11.3 Å². The number of rotatable bonds is 3. The van der Waals surface area contributed by atoms with Crippen molar-refractivity contribution in [2.45, 2.75) is 11.8 Å². The van der Waals surface area contributed by atoms with Gasteiger partial charge in [-0.15, -0.1) is 11.6 Å². The van der Waals surface area contributed by atoms with Gasteiger partial charge in [-0.25, -0.2) is 18.5 Å². The van der Waals surface area contributed by atoms with Crippen LogP contribution in [-0.4, -0.2) is 20.1 Å². The molecule has 0 saturated carbocycles. The van der Waals surface area contributed by atoms with Gasteiger partial charge in [0.1, 0.15) is 5.84 Å². The van der Waals surface area contributed by atoms with Crippen molar-refractivity contribution in [2.24, 2.45) is 15.9 Å². The van der Waals surface area contributed by atoms with Crippen LogP contribution in [0, 0.1) is 6.92 Å². The van der Waals surface area contributed by atoms with Crippen molar-refractivity contribution >= 4 is 33.1 Å². The van der Waals surface area contributed by atoms with Crippen LogP contribution in [0.4, 0.5) is 5.69 Å². The van der Waals surface area contributed by atoms with Crippen LogP contribution < -0.4 is 10.9 Å². The number of hydrogen-bond donors (Lipinski definition) is 2. The Morgan fingerprint density at radius 3 is 2.62 bits per heavy atom. The lowest BCUT2D eigenvalue weighted by molar-refractivity contribution is 0.597. The number of nitrogens with two attached hydrogens (primary N) is 2. The predicted molar refractivity (Wildman–Crippen MR) is 64.6 cm³/mol. The molecule has 16 heavy (non-hydrogen) atoms. The lowest BCUT2D eigenvalue weighted by atomic mass is 10.2. The first-order valence-corrected chi connectivity index (χ1v) is 6.45. The van der Waals surface area contributed by atoms with Crippen molar-refractivity contribution in [1.29, 1.82) is 0 Å². The van der Waals surface area contributed by atoms with Gasteiger partial charge in [-0.1, -0.05) is 6.07 Å². The third-order valence-electron chi connectivity index (χ3n) is 1.89. The third kappa shape index (κ3) is 3.19. The molecule has 0 unspecified atom stereocenters. The number of primary sulfonamides is 1. The second-order valence-corrected chi connectivity index (χ2v) is 5.03. The summed E-state index contributed by atoms with van der Waals surface area (Å²) in [7, 11) is -3.74. The fourth-order valence-electron chi connectivity index (χ4n) is 1.16. The maximum Gasteiger partial charge on any atom is 0.238 e. The molecule has 0 bridgehead atoms. The Hall–Kier alpha value is -1.11. The molecule has 0 aromatic heterocycles. The number of aryl methyl sites for hydroxylation is 1. The Morgan fingerprint density at radius 2 is 2.12 bits per heavy atom. The number of nitrogens with zero attached hydrogens (tertiary/aromatic N) is 1. The van der Waals surface area contributed by atoms with Gasteiger partial charge in [0, 0.05) is 0 Å². The highest BCUT2D eigenvalue weighted by Crippen LogP contribution is 2.21. The summed E-state index contributed by atoms with van der Waals surface area (Å²) in [6, 6.07) is 4.62. The molecule has 0 saturated heterocycles. The number of hydrogen-bond acceptors (Lipinski definition) is 3. The monoisotopic (exact) mass is 261 g/mol. The van der Waals surface area contributed by atoms with Crippen molar-refractivity contribution in [3.8, 4) is 0 Å². The van der Waals surface area contributed by atoms with Gasteiger partial charge in [0.25, 0.3) is 0 Å². The molecule has 0 heterocycles. The molecule has 4 N–H and O–H groups in total. The zero-order chi connectivity index (χ0) is 12.3. The molecule has 1 rings (SSSR count). The van der Waals surface area contributed by atoms with E-state index in [-0.39, 0.29) is 16.6 Å². The van der Waals surface area contributed by atoms with E-state index in [2.05, 4.69) is 4.99 Å². The van der Waals surface area contributed by atoms with Crippen LogP contribution in [0.15, 0.2) is 28.1 Å². The highest BCUT2D eigenvalue weighted by atomic mass is 35.5. The maximum atomic E-state index is 11.2. The molecule has 0 fully saturated rings. The molecule has 0 aliphatic rings. The van der Waals surface area contributed by atoms with Crippen LogP contribution in [0.25, 0.3) is 0 Å². The first-order valence-electron chi connectivity index (χ1n) is 4.37. The Balaban J connectivity index is 3.29. The van der Waals surface area contributed by atoms with Gasteiger partial charge in [0.2, 0.25) is 10.0 Å². The summed E-state index contributed by atoms with van der Waals surface area (Å²) in [6.07, 6.45) is 0. The number of halogens is 1. The van der Waals surface area contributed by atoms with Crippen LogP contribution in [0.2, 0.25) is 0 Å². The average molecular weight is 262 g/mol. The zero-order valence-electron chi connectivity index (χ0n) is 8.64. The molecule has 0 spiro atoms. The van der Waals surface area contributed by atoms with Crippen LogP contribution >= 0.6 is 11.6 Å². The SMILES string of the molecule is Cc1ccc(N=C(N)CCl)cc1S(N)(=O)=O. The average Bonchev–Trinajstić information content (AvgIpc) is 2.19. The third-order valence-corrected chi connectivity index (χ3v) is 3.21. The van der Waals surface area contributed by atoms with Crippen molar-refractivity contribution in [3.63, 3.8) is 0 Å². The van der Waals surface area contributed by atoms with E-state index in [1.54, 1.807) is 19.1 Å². The molecule has 1 aromatic carbocycles. The topological polar surface area (TPSA) is 98.5 Å². The van der Waals surface area contributed by atoms with Crippen molar-refractivity contribution in [1.82, 2.24) is 0 Å². The molecular weight excluding hydrogens is 250 g/mol. The highest BCUT2D eigenvalue weighted by Gasteiger charge is 2.11. The van der Waals surface area contributed by atoms with E-state index >= 15 is 0 Å². The van der Waals surface area contributed by atoms with Crippen LogP contribution in [0.1, 0.15) is 5.56 Å². The minimum absolute atomic E-state index is 0.0381. The molecule has 0 radical (unpaired) electrons. The molecule has 0 amide bonds. The normalized spacial score (nSPS) is 12.8. The Bertz CT molecular complexity index is 526. The number of alkyl halides is 1. The molecule has 7 heteroatoms. The number of benzene rings is 1. The zero-order valence-corrected chi connectivity index (χ0v) is 10.2. The van der Waals surface area contributed by atoms with E-state index < -0.39 is 10.0 Å². The van der Waals surface area contributed by atoms with Crippen LogP contribution in [0.3, 0.4) is 0 Å². The molecular formula is C9H12ClN3O2S. The minimum atomic E-state index is -3.74. The van der Waals surface area contributed by atoms with Crippen molar-refractivity contribution < 1.29 is 8.42 Å². The first kappa shape index (κ1) is 13.0. The van der Waals surface area contributed by atoms with E-state index in [1.807, 2.05) is 0 Å². The lowest BCUT2D eigenvalue weighted by Gasteiger charge is -2.04. The van der Waals surface area contributed by atoms with Crippen LogP contribution in [-0.2, 0) is 10.0 Å². The highest BCUT2D eigenvalue weighted by molar-refractivity contribution is 7.89. The molecule has 1 aromatic rings. The van der Waals surface area contributed by atoms with E-state index in [1.165, 1.54) is 6.07 Å². The summed E-state index contributed by atoms with van der Waals surface area (Å²) in [5.74, 6) is 0.296. The summed E-state index contributed by atoms with van der Waals surface area (Å²) in [4.78, 5) is 3.97. The predicted octanol–water partition coefficient (Wildman–Crippen LogP) is 0.870. The summed E-state index contributed by atoms with van der Waals surface area (Å²) in [6.45, 7) is 1.65. The van der Waals surface area contributed by atoms with Gasteiger partial charge in [0.05, 0.1) is 16.5 Å². The van der Waals surface area contributed by atoms with Gasteiger partial charge in [-0.3, -0.25) is 0 Å². The summed E-state index contributed by atoms with van der Waals surface area (Å²) < 4.78 is 22.5. The Kier molecular flexibility index (Phi) is 3.90. The second-order valence-electron chi connectivity index (χ2n) is 3.23. The first-order chi connectivity index (χ1) is 7.34. The van der Waals surface area contributed by atoms with Crippen molar-refractivity contribution in [3.05, 3.63) is 23.8 Å². The van der Waals surface area contributed by atoms with Crippen molar-refractivity contribution in [2.75, 3.05) is 5.88 Å². The standard InChI is InChI=1S/C9H12ClN3O2S/c1-6-2-3-7(13-9(11)5-10)4-8(6)16(12,14)15/h2-4H,5H2,1H3,(H2,11,13)(H2,12,14,15). The van der Waals surface area contributed by atoms with Gasteiger partial charge in [-0.05, 0) is 24.6 Å².